The van der Waals surface area contributed by atoms with Crippen LogP contribution in [0.15, 0.2) is 0 Å². The number of rotatable bonds is 3. The topological polar surface area (TPSA) is 81.8 Å². The van der Waals surface area contributed by atoms with Gasteiger partial charge in [0.2, 0.25) is 0 Å². The fourth-order valence-electron chi connectivity index (χ4n) is 2.98. The van der Waals surface area contributed by atoms with E-state index in [1.165, 1.54) is 32.1 Å². The van der Waals surface area contributed by atoms with E-state index in [0.29, 0.717) is 0 Å². The van der Waals surface area contributed by atoms with Crippen LogP contribution >= 0.6 is 0 Å². The predicted molar refractivity (Wildman–Crippen MR) is 88.9 cm³/mol. The van der Waals surface area contributed by atoms with Crippen LogP contribution in [0.2, 0.25) is 0 Å². The molecule has 1 aliphatic carbocycles. The van der Waals surface area contributed by atoms with Crippen molar-refractivity contribution in [2.24, 2.45) is 11.7 Å². The summed E-state index contributed by atoms with van der Waals surface area (Å²) in [4.78, 5) is 8.90. The molecule has 0 bridgehead atoms. The number of alkyl halides is 3. The van der Waals surface area contributed by atoms with Crippen molar-refractivity contribution in [3.8, 4) is 0 Å². The SMILES string of the molecule is CC1(C)OB(C(N)CC2CCCCC2)OC1(C)C.O=C(O)C(F)(F)F. The molecule has 25 heavy (non-hydrogen) atoms. The van der Waals surface area contributed by atoms with Crippen LogP contribution < -0.4 is 5.73 Å². The molecule has 2 aliphatic rings. The van der Waals surface area contributed by atoms with Gasteiger partial charge in [0.25, 0.3) is 0 Å². The lowest BCUT2D eigenvalue weighted by atomic mass is 9.71. The maximum Gasteiger partial charge on any atom is 0.490 e. The molecule has 1 atom stereocenters. The van der Waals surface area contributed by atoms with Crippen LogP contribution in [0.1, 0.15) is 66.2 Å². The van der Waals surface area contributed by atoms with Crippen LogP contribution in [-0.2, 0) is 14.1 Å². The molecule has 2 rings (SSSR count). The van der Waals surface area contributed by atoms with Crippen molar-refractivity contribution in [2.75, 3.05) is 0 Å². The van der Waals surface area contributed by atoms with Crippen LogP contribution in [0.4, 0.5) is 13.2 Å². The van der Waals surface area contributed by atoms with Crippen molar-refractivity contribution in [2.45, 2.75) is 89.5 Å². The van der Waals surface area contributed by atoms with Crippen molar-refractivity contribution in [1.29, 1.82) is 0 Å². The summed E-state index contributed by atoms with van der Waals surface area (Å²) in [5.41, 5.74) is 5.78. The number of halogens is 3. The molecule has 1 heterocycles. The lowest BCUT2D eigenvalue weighted by Gasteiger charge is -2.32. The molecule has 5 nitrogen and oxygen atoms in total. The Kier molecular flexibility index (Phi) is 7.36. The molecule has 1 saturated heterocycles. The highest BCUT2D eigenvalue weighted by molar-refractivity contribution is 6.47. The molecule has 9 heteroatoms. The summed E-state index contributed by atoms with van der Waals surface area (Å²) < 4.78 is 43.8. The van der Waals surface area contributed by atoms with Crippen LogP contribution in [0.5, 0.6) is 0 Å². The lowest BCUT2D eigenvalue weighted by molar-refractivity contribution is -0.192. The highest BCUT2D eigenvalue weighted by Crippen LogP contribution is 2.38. The molecule has 146 valence electrons. The Bertz CT molecular complexity index is 435. The Morgan fingerprint density at radius 1 is 1.16 bits per heavy atom. The normalized spacial score (nSPS) is 24.4. The Hall–Kier alpha value is -0.795. The minimum atomic E-state index is -5.08. The van der Waals surface area contributed by atoms with E-state index in [-0.39, 0.29) is 24.3 Å². The van der Waals surface area contributed by atoms with Gasteiger partial charge in [0.15, 0.2) is 0 Å². The van der Waals surface area contributed by atoms with Crippen molar-refractivity contribution < 1.29 is 32.4 Å². The van der Waals surface area contributed by atoms with Gasteiger partial charge in [-0.25, -0.2) is 4.79 Å². The maximum absolute atomic E-state index is 10.6. The van der Waals surface area contributed by atoms with Gasteiger partial charge in [-0.05, 0) is 40.0 Å². The number of carbonyl (C=O) groups is 1. The molecule has 0 aromatic heterocycles. The van der Waals surface area contributed by atoms with E-state index in [1.54, 1.807) is 0 Å². The van der Waals surface area contributed by atoms with Gasteiger partial charge >= 0.3 is 19.3 Å². The van der Waals surface area contributed by atoms with Crippen LogP contribution in [0.3, 0.4) is 0 Å². The molecule has 2 fully saturated rings. The zero-order valence-electron chi connectivity index (χ0n) is 15.4. The first kappa shape index (κ1) is 22.2. The number of hydrogen-bond donors (Lipinski definition) is 2. The fraction of sp³-hybridized carbons (Fsp3) is 0.938. The third kappa shape index (κ3) is 6.45. The van der Waals surface area contributed by atoms with Gasteiger partial charge in [-0.15, -0.1) is 0 Å². The number of carboxylic acids is 1. The third-order valence-corrected chi connectivity index (χ3v) is 5.19. The van der Waals surface area contributed by atoms with E-state index in [9.17, 15) is 13.2 Å². The Labute approximate surface area is 147 Å². The second-order valence-corrected chi connectivity index (χ2v) is 7.83. The molecular weight excluding hydrogens is 338 g/mol. The zero-order chi connectivity index (χ0) is 19.5. The highest BCUT2D eigenvalue weighted by atomic mass is 19.4. The first-order valence-electron chi connectivity index (χ1n) is 8.67. The summed E-state index contributed by atoms with van der Waals surface area (Å²) in [5.74, 6) is -1.98. The second kappa shape index (κ2) is 8.27. The molecule has 3 N–H and O–H groups in total. The van der Waals surface area contributed by atoms with E-state index in [4.69, 9.17) is 24.9 Å². The molecule has 1 unspecified atom stereocenters. The van der Waals surface area contributed by atoms with E-state index >= 15 is 0 Å². The summed E-state index contributed by atoms with van der Waals surface area (Å²) in [6, 6.07) is 0. The van der Waals surface area contributed by atoms with E-state index in [1.807, 2.05) is 0 Å². The van der Waals surface area contributed by atoms with Crippen LogP contribution in [-0.4, -0.2) is 41.5 Å². The van der Waals surface area contributed by atoms with Gasteiger partial charge in [-0.2, -0.15) is 13.2 Å². The smallest absolute Gasteiger partial charge is 0.475 e. The molecule has 0 aromatic rings. The summed E-state index contributed by atoms with van der Waals surface area (Å²) in [7, 11) is -0.239. The van der Waals surface area contributed by atoms with Gasteiger partial charge in [-0.3, -0.25) is 0 Å². The predicted octanol–water partition coefficient (Wildman–Crippen LogP) is 3.55. The molecule has 1 saturated carbocycles. The summed E-state index contributed by atoms with van der Waals surface area (Å²) in [6.45, 7) is 8.33. The Morgan fingerprint density at radius 3 is 1.92 bits per heavy atom. The minimum Gasteiger partial charge on any atom is -0.475 e. The van der Waals surface area contributed by atoms with E-state index < -0.39 is 12.1 Å². The number of nitrogens with two attached hydrogens (primary N) is 1. The Morgan fingerprint density at radius 2 is 1.56 bits per heavy atom. The van der Waals surface area contributed by atoms with Crippen molar-refractivity contribution >= 4 is 13.1 Å². The highest BCUT2D eigenvalue weighted by Gasteiger charge is 2.53. The minimum absolute atomic E-state index is 0.00847. The lowest BCUT2D eigenvalue weighted by Crippen LogP contribution is -2.43. The number of carboxylic acid groups (broad SMARTS) is 1. The fourth-order valence-corrected chi connectivity index (χ4v) is 2.98. The number of aliphatic carboxylic acids is 1. The largest absolute Gasteiger partial charge is 0.490 e. The molecule has 0 aromatic carbocycles. The molecule has 1 aliphatic heterocycles. The van der Waals surface area contributed by atoms with Gasteiger partial charge < -0.3 is 20.1 Å². The van der Waals surface area contributed by atoms with Crippen molar-refractivity contribution in [3.05, 3.63) is 0 Å². The summed E-state index contributed by atoms with van der Waals surface area (Å²) in [6.07, 6.45) is 2.72. The second-order valence-electron chi connectivity index (χ2n) is 7.83. The van der Waals surface area contributed by atoms with Gasteiger partial charge in [0.05, 0.1) is 11.2 Å². The van der Waals surface area contributed by atoms with E-state index in [0.717, 1.165) is 12.3 Å². The van der Waals surface area contributed by atoms with Crippen LogP contribution in [0.25, 0.3) is 0 Å². The van der Waals surface area contributed by atoms with Crippen LogP contribution in [0, 0.1) is 5.92 Å². The van der Waals surface area contributed by atoms with E-state index in [2.05, 4.69) is 27.7 Å². The monoisotopic (exact) mass is 367 g/mol. The molecule has 0 amide bonds. The number of hydrogen-bond acceptors (Lipinski definition) is 4. The summed E-state index contributed by atoms with van der Waals surface area (Å²) in [5, 5.41) is 7.12. The van der Waals surface area contributed by atoms with Crippen molar-refractivity contribution in [1.82, 2.24) is 0 Å². The zero-order valence-corrected chi connectivity index (χ0v) is 15.4. The Balaban J connectivity index is 0.000000381. The summed E-state index contributed by atoms with van der Waals surface area (Å²) >= 11 is 0. The third-order valence-electron chi connectivity index (χ3n) is 5.19. The maximum atomic E-state index is 10.6. The average Bonchev–Trinajstić information content (AvgIpc) is 2.68. The van der Waals surface area contributed by atoms with Gasteiger partial charge in [0.1, 0.15) is 0 Å². The quantitative estimate of drug-likeness (QED) is 0.746. The molecular formula is C16H29BF3NO4. The first-order chi connectivity index (χ1) is 11.3. The average molecular weight is 367 g/mol. The standard InChI is InChI=1S/C14H28BNO2.C2HF3O2/c1-13(2)14(3,4)18-15(17-13)12(16)10-11-8-6-5-7-9-11;3-2(4,5)1(6)7/h11-12H,5-10,16H2,1-4H3;(H,6,7). The molecule has 0 spiro atoms. The van der Waals surface area contributed by atoms with Crippen molar-refractivity contribution in [3.63, 3.8) is 0 Å². The van der Waals surface area contributed by atoms with Gasteiger partial charge in [-0.1, -0.05) is 32.1 Å². The van der Waals surface area contributed by atoms with Gasteiger partial charge in [0, 0.05) is 5.94 Å². The first-order valence-corrected chi connectivity index (χ1v) is 8.67. The molecule has 0 radical (unpaired) electrons.